The Bertz CT molecular complexity index is 794. The lowest BCUT2D eigenvalue weighted by atomic mass is 10.0. The molecule has 0 saturated carbocycles. The SMILES string of the molecule is COc1cccc(C(=O)N2CCCC(Nc3ccc(OC)c(OC)c3)C2)c1. The van der Waals surface area contributed by atoms with E-state index >= 15 is 0 Å². The van der Waals surface area contributed by atoms with Crippen molar-refractivity contribution in [1.82, 2.24) is 4.90 Å². The second-order valence-electron chi connectivity index (χ2n) is 6.54. The van der Waals surface area contributed by atoms with Crippen molar-refractivity contribution >= 4 is 11.6 Å². The molecule has 6 heteroatoms. The van der Waals surface area contributed by atoms with Crippen LogP contribution in [-0.4, -0.2) is 51.3 Å². The predicted octanol–water partition coefficient (Wildman–Crippen LogP) is 3.43. The van der Waals surface area contributed by atoms with Crippen molar-refractivity contribution in [3.05, 3.63) is 48.0 Å². The molecular weight excluding hydrogens is 344 g/mol. The summed E-state index contributed by atoms with van der Waals surface area (Å²) >= 11 is 0. The zero-order valence-corrected chi connectivity index (χ0v) is 16.0. The van der Waals surface area contributed by atoms with Gasteiger partial charge in [-0.25, -0.2) is 0 Å². The number of ether oxygens (including phenoxy) is 3. The molecule has 1 aliphatic rings. The average molecular weight is 370 g/mol. The summed E-state index contributed by atoms with van der Waals surface area (Å²) in [6.45, 7) is 1.42. The summed E-state index contributed by atoms with van der Waals surface area (Å²) in [5.74, 6) is 2.11. The van der Waals surface area contributed by atoms with Gasteiger partial charge in [-0.1, -0.05) is 6.07 Å². The van der Waals surface area contributed by atoms with Crippen LogP contribution in [-0.2, 0) is 0 Å². The number of methoxy groups -OCH3 is 3. The van der Waals surface area contributed by atoms with Gasteiger partial charge in [-0.05, 0) is 43.2 Å². The molecule has 0 aliphatic carbocycles. The lowest BCUT2D eigenvalue weighted by Crippen LogP contribution is -2.45. The molecule has 144 valence electrons. The number of amides is 1. The predicted molar refractivity (Wildman–Crippen MR) is 105 cm³/mol. The van der Waals surface area contributed by atoms with Crippen molar-refractivity contribution < 1.29 is 19.0 Å². The molecule has 1 saturated heterocycles. The molecule has 2 aromatic carbocycles. The van der Waals surface area contributed by atoms with Crippen LogP contribution in [0.5, 0.6) is 17.2 Å². The molecule has 1 unspecified atom stereocenters. The molecule has 27 heavy (non-hydrogen) atoms. The molecule has 3 rings (SSSR count). The highest BCUT2D eigenvalue weighted by atomic mass is 16.5. The van der Waals surface area contributed by atoms with Gasteiger partial charge in [0, 0.05) is 36.4 Å². The molecule has 1 fully saturated rings. The number of piperidine rings is 1. The fraction of sp³-hybridized carbons (Fsp3) is 0.381. The van der Waals surface area contributed by atoms with E-state index in [2.05, 4.69) is 5.32 Å². The van der Waals surface area contributed by atoms with E-state index in [1.54, 1.807) is 27.4 Å². The molecule has 1 amide bonds. The van der Waals surface area contributed by atoms with Gasteiger partial charge in [-0.3, -0.25) is 4.79 Å². The van der Waals surface area contributed by atoms with Gasteiger partial charge in [0.1, 0.15) is 5.75 Å². The van der Waals surface area contributed by atoms with E-state index in [9.17, 15) is 4.79 Å². The molecule has 0 radical (unpaired) electrons. The van der Waals surface area contributed by atoms with Crippen molar-refractivity contribution in [2.45, 2.75) is 18.9 Å². The summed E-state index contributed by atoms with van der Waals surface area (Å²) in [5.41, 5.74) is 1.61. The summed E-state index contributed by atoms with van der Waals surface area (Å²) in [5, 5.41) is 3.51. The quantitative estimate of drug-likeness (QED) is 0.844. The van der Waals surface area contributed by atoms with Crippen LogP contribution in [0.15, 0.2) is 42.5 Å². The molecule has 1 heterocycles. The highest BCUT2D eigenvalue weighted by Gasteiger charge is 2.25. The third-order valence-electron chi connectivity index (χ3n) is 4.78. The summed E-state index contributed by atoms with van der Waals surface area (Å²) in [6, 6.07) is 13.2. The lowest BCUT2D eigenvalue weighted by Gasteiger charge is -2.34. The molecule has 1 aliphatic heterocycles. The van der Waals surface area contributed by atoms with Crippen LogP contribution in [0.1, 0.15) is 23.2 Å². The molecule has 0 aromatic heterocycles. The Morgan fingerprint density at radius 3 is 2.59 bits per heavy atom. The maximum Gasteiger partial charge on any atom is 0.254 e. The molecule has 1 N–H and O–H groups in total. The minimum atomic E-state index is 0.0349. The number of carbonyl (C=O) groups is 1. The summed E-state index contributed by atoms with van der Waals surface area (Å²) in [7, 11) is 4.85. The monoisotopic (exact) mass is 370 g/mol. The van der Waals surface area contributed by atoms with Gasteiger partial charge in [0.2, 0.25) is 0 Å². The summed E-state index contributed by atoms with van der Waals surface area (Å²) in [6.07, 6.45) is 1.97. The molecule has 1 atom stereocenters. The number of rotatable bonds is 6. The normalized spacial score (nSPS) is 16.6. The number of anilines is 1. The zero-order valence-electron chi connectivity index (χ0n) is 16.0. The number of hydrogen-bond donors (Lipinski definition) is 1. The van der Waals surface area contributed by atoms with E-state index in [0.29, 0.717) is 29.4 Å². The molecule has 6 nitrogen and oxygen atoms in total. The Morgan fingerprint density at radius 2 is 1.85 bits per heavy atom. The van der Waals surface area contributed by atoms with Crippen LogP contribution >= 0.6 is 0 Å². The van der Waals surface area contributed by atoms with E-state index < -0.39 is 0 Å². The van der Waals surface area contributed by atoms with Crippen LogP contribution in [0.4, 0.5) is 5.69 Å². The average Bonchev–Trinajstić information content (AvgIpc) is 2.73. The smallest absolute Gasteiger partial charge is 0.254 e. The van der Waals surface area contributed by atoms with Gasteiger partial charge in [0.25, 0.3) is 5.91 Å². The van der Waals surface area contributed by atoms with E-state index in [-0.39, 0.29) is 11.9 Å². The van der Waals surface area contributed by atoms with E-state index in [1.807, 2.05) is 41.3 Å². The minimum absolute atomic E-state index is 0.0349. The number of benzene rings is 2. The van der Waals surface area contributed by atoms with Gasteiger partial charge in [0.15, 0.2) is 11.5 Å². The van der Waals surface area contributed by atoms with Crippen molar-refractivity contribution in [3.63, 3.8) is 0 Å². The fourth-order valence-electron chi connectivity index (χ4n) is 3.38. The first-order valence-corrected chi connectivity index (χ1v) is 9.06. The lowest BCUT2D eigenvalue weighted by molar-refractivity contribution is 0.0714. The van der Waals surface area contributed by atoms with Gasteiger partial charge in [0.05, 0.1) is 21.3 Å². The molecule has 0 bridgehead atoms. The van der Waals surface area contributed by atoms with Gasteiger partial charge in [-0.15, -0.1) is 0 Å². The van der Waals surface area contributed by atoms with E-state index in [4.69, 9.17) is 14.2 Å². The van der Waals surface area contributed by atoms with Crippen LogP contribution in [0, 0.1) is 0 Å². The zero-order chi connectivity index (χ0) is 19.2. The number of hydrogen-bond acceptors (Lipinski definition) is 5. The Balaban J connectivity index is 1.68. The molecule has 0 spiro atoms. The van der Waals surface area contributed by atoms with Gasteiger partial charge >= 0.3 is 0 Å². The Hall–Kier alpha value is -2.89. The molecular formula is C21H26N2O4. The van der Waals surface area contributed by atoms with Crippen LogP contribution in [0.2, 0.25) is 0 Å². The first-order valence-electron chi connectivity index (χ1n) is 9.06. The van der Waals surface area contributed by atoms with Crippen molar-refractivity contribution in [3.8, 4) is 17.2 Å². The second-order valence-corrected chi connectivity index (χ2v) is 6.54. The standard InChI is InChI=1S/C21H26N2O4/c1-25-18-8-4-6-15(12-18)21(24)23-11-5-7-17(14-23)22-16-9-10-19(26-2)20(13-16)27-3/h4,6,8-10,12-13,17,22H,5,7,11,14H2,1-3H3. The van der Waals surface area contributed by atoms with Crippen LogP contribution in [0.3, 0.4) is 0 Å². The summed E-state index contributed by atoms with van der Waals surface area (Å²) in [4.78, 5) is 14.8. The summed E-state index contributed by atoms with van der Waals surface area (Å²) < 4.78 is 15.9. The number of carbonyl (C=O) groups excluding carboxylic acids is 1. The van der Waals surface area contributed by atoms with Gasteiger partial charge in [-0.2, -0.15) is 0 Å². The largest absolute Gasteiger partial charge is 0.497 e. The maximum atomic E-state index is 12.9. The van der Waals surface area contributed by atoms with Crippen LogP contribution < -0.4 is 19.5 Å². The number of nitrogens with zero attached hydrogens (tertiary/aromatic N) is 1. The number of nitrogens with one attached hydrogen (secondary N) is 1. The topological polar surface area (TPSA) is 60.0 Å². The Morgan fingerprint density at radius 1 is 1.04 bits per heavy atom. The number of likely N-dealkylation sites (tertiary alicyclic amines) is 1. The second kappa shape index (κ2) is 8.66. The molecule has 2 aromatic rings. The van der Waals surface area contributed by atoms with Crippen molar-refractivity contribution in [1.29, 1.82) is 0 Å². The highest BCUT2D eigenvalue weighted by molar-refractivity contribution is 5.94. The van der Waals surface area contributed by atoms with Gasteiger partial charge < -0.3 is 24.4 Å². The first-order chi connectivity index (χ1) is 13.1. The van der Waals surface area contributed by atoms with Crippen molar-refractivity contribution in [2.24, 2.45) is 0 Å². The maximum absolute atomic E-state index is 12.9. The van der Waals surface area contributed by atoms with Crippen LogP contribution in [0.25, 0.3) is 0 Å². The van der Waals surface area contributed by atoms with Crippen molar-refractivity contribution in [2.75, 3.05) is 39.7 Å². The third kappa shape index (κ3) is 4.45. The Kier molecular flexibility index (Phi) is 6.06. The fourth-order valence-corrected chi connectivity index (χ4v) is 3.38. The van der Waals surface area contributed by atoms with E-state index in [0.717, 1.165) is 25.1 Å². The van der Waals surface area contributed by atoms with E-state index in [1.165, 1.54) is 0 Å². The highest BCUT2D eigenvalue weighted by Crippen LogP contribution is 2.30. The minimum Gasteiger partial charge on any atom is -0.497 e. The Labute approximate surface area is 160 Å². The first kappa shape index (κ1) is 18.9. The third-order valence-corrected chi connectivity index (χ3v) is 4.78.